The van der Waals surface area contributed by atoms with Crippen molar-refractivity contribution in [1.29, 1.82) is 0 Å². The molecule has 7 nitrogen and oxygen atoms in total. The number of nitrogen functional groups attached to an aromatic ring is 1. The molecule has 0 saturated heterocycles. The van der Waals surface area contributed by atoms with Crippen LogP contribution in [-0.2, 0) is 11.3 Å². The number of imidazole rings is 2. The zero-order valence-electron chi connectivity index (χ0n) is 10.3. The van der Waals surface area contributed by atoms with E-state index in [1.165, 1.54) is 0 Å². The fourth-order valence-corrected chi connectivity index (χ4v) is 1.67. The van der Waals surface area contributed by atoms with Gasteiger partial charge in [-0.3, -0.25) is 0 Å². The van der Waals surface area contributed by atoms with Crippen molar-refractivity contribution in [3.63, 3.8) is 0 Å². The second-order valence-electron chi connectivity index (χ2n) is 3.78. The third-order valence-corrected chi connectivity index (χ3v) is 2.55. The number of nitrogens with one attached hydrogen (secondary N) is 1. The molecule has 0 aliphatic heterocycles. The Bertz CT molecular complexity index is 544. The lowest BCUT2D eigenvalue weighted by Gasteiger charge is -2.05. The highest BCUT2D eigenvalue weighted by atomic mass is 16.5. The summed E-state index contributed by atoms with van der Waals surface area (Å²) < 4.78 is 6.63. The maximum atomic E-state index is 11.6. The van der Waals surface area contributed by atoms with Gasteiger partial charge in [0.25, 0.3) is 0 Å². The van der Waals surface area contributed by atoms with Crippen LogP contribution in [0.5, 0.6) is 0 Å². The molecule has 0 aliphatic rings. The molecule has 2 rings (SSSR count). The lowest BCUT2D eigenvalue weighted by molar-refractivity contribution is 0.0521. The molecule has 18 heavy (non-hydrogen) atoms. The van der Waals surface area contributed by atoms with Crippen LogP contribution in [0.1, 0.15) is 28.9 Å². The number of ether oxygens (including phenoxy) is 1. The van der Waals surface area contributed by atoms with Crippen molar-refractivity contribution in [2.75, 3.05) is 12.3 Å². The Morgan fingerprint density at radius 3 is 3.00 bits per heavy atom. The number of H-pyrrole nitrogens is 1. The van der Waals surface area contributed by atoms with E-state index in [0.717, 1.165) is 5.69 Å². The maximum absolute atomic E-state index is 11.6. The van der Waals surface area contributed by atoms with Crippen molar-refractivity contribution in [3.05, 3.63) is 29.7 Å². The molecule has 0 saturated carbocycles. The summed E-state index contributed by atoms with van der Waals surface area (Å²) in [5.41, 5.74) is 6.96. The molecule has 2 heterocycles. The number of hydrogen-bond acceptors (Lipinski definition) is 5. The minimum atomic E-state index is -0.499. The van der Waals surface area contributed by atoms with Crippen LogP contribution in [0.3, 0.4) is 0 Å². The summed E-state index contributed by atoms with van der Waals surface area (Å²) in [6.45, 7) is 4.31. The normalized spacial score (nSPS) is 10.6. The number of nitrogens with two attached hydrogens (primary N) is 1. The minimum absolute atomic E-state index is 0.161. The van der Waals surface area contributed by atoms with Gasteiger partial charge >= 0.3 is 5.97 Å². The number of esters is 1. The Balaban J connectivity index is 2.29. The van der Waals surface area contributed by atoms with E-state index in [1.807, 2.05) is 0 Å². The predicted octanol–water partition coefficient (Wildman–Crippen LogP) is 0.722. The van der Waals surface area contributed by atoms with Crippen LogP contribution in [0, 0.1) is 6.92 Å². The largest absolute Gasteiger partial charge is 0.461 e. The van der Waals surface area contributed by atoms with Crippen LogP contribution in [0.25, 0.3) is 0 Å². The van der Waals surface area contributed by atoms with Crippen molar-refractivity contribution in [2.45, 2.75) is 20.4 Å². The van der Waals surface area contributed by atoms with Crippen LogP contribution < -0.4 is 5.73 Å². The molecule has 0 amide bonds. The van der Waals surface area contributed by atoms with Gasteiger partial charge in [-0.1, -0.05) is 0 Å². The molecular formula is C11H15N5O2. The van der Waals surface area contributed by atoms with Crippen molar-refractivity contribution >= 4 is 11.8 Å². The molecule has 0 fully saturated rings. The van der Waals surface area contributed by atoms with Crippen molar-refractivity contribution in [2.24, 2.45) is 0 Å². The van der Waals surface area contributed by atoms with Crippen molar-refractivity contribution in [1.82, 2.24) is 19.5 Å². The van der Waals surface area contributed by atoms with Gasteiger partial charge in [0.2, 0.25) is 0 Å². The summed E-state index contributed by atoms with van der Waals surface area (Å²) >= 11 is 0. The Hall–Kier alpha value is -2.31. The molecule has 2 aromatic heterocycles. The predicted molar refractivity (Wildman–Crippen MR) is 65.0 cm³/mol. The fourth-order valence-electron chi connectivity index (χ4n) is 1.67. The zero-order chi connectivity index (χ0) is 13.1. The highest BCUT2D eigenvalue weighted by molar-refractivity contribution is 5.92. The number of nitrogens with zero attached hydrogens (tertiary/aromatic N) is 3. The van der Waals surface area contributed by atoms with E-state index in [0.29, 0.717) is 24.8 Å². The van der Waals surface area contributed by atoms with Crippen LogP contribution in [0.15, 0.2) is 12.5 Å². The molecule has 0 bridgehead atoms. The zero-order valence-corrected chi connectivity index (χ0v) is 10.3. The SMILES string of the molecule is CCOC(=O)c1nc(C)n(Cc2cnc[nH]2)c1N. The average Bonchev–Trinajstić information content (AvgIpc) is 2.93. The molecule has 0 spiro atoms. The number of aromatic nitrogens is 4. The summed E-state index contributed by atoms with van der Waals surface area (Å²) in [5.74, 6) is 0.465. The van der Waals surface area contributed by atoms with Gasteiger partial charge in [0.15, 0.2) is 5.69 Å². The summed E-state index contributed by atoms with van der Waals surface area (Å²) in [7, 11) is 0. The lowest BCUT2D eigenvalue weighted by atomic mass is 10.4. The summed E-state index contributed by atoms with van der Waals surface area (Å²) in [6.07, 6.45) is 3.28. The first-order valence-electron chi connectivity index (χ1n) is 5.60. The van der Waals surface area contributed by atoms with E-state index in [9.17, 15) is 4.79 Å². The molecule has 0 aromatic carbocycles. The third kappa shape index (κ3) is 2.20. The molecule has 7 heteroatoms. The number of carbonyl (C=O) groups excluding carboxylic acids is 1. The van der Waals surface area contributed by atoms with E-state index >= 15 is 0 Å². The number of rotatable bonds is 4. The highest BCUT2D eigenvalue weighted by Gasteiger charge is 2.19. The van der Waals surface area contributed by atoms with Crippen LogP contribution >= 0.6 is 0 Å². The van der Waals surface area contributed by atoms with Crippen molar-refractivity contribution < 1.29 is 9.53 Å². The Morgan fingerprint density at radius 2 is 2.39 bits per heavy atom. The lowest BCUT2D eigenvalue weighted by Crippen LogP contribution is -2.10. The first-order valence-corrected chi connectivity index (χ1v) is 5.60. The smallest absolute Gasteiger partial charge is 0.360 e. The van der Waals surface area contributed by atoms with Crippen molar-refractivity contribution in [3.8, 4) is 0 Å². The molecular weight excluding hydrogens is 234 g/mol. The van der Waals surface area contributed by atoms with Gasteiger partial charge in [0, 0.05) is 6.20 Å². The number of hydrogen-bond donors (Lipinski definition) is 2. The van der Waals surface area contributed by atoms with Gasteiger partial charge in [-0.15, -0.1) is 0 Å². The number of anilines is 1. The molecule has 0 atom stereocenters. The van der Waals surface area contributed by atoms with Gasteiger partial charge in [0.05, 0.1) is 25.2 Å². The third-order valence-electron chi connectivity index (χ3n) is 2.55. The molecule has 0 radical (unpaired) electrons. The first kappa shape index (κ1) is 12.2. The van der Waals surface area contributed by atoms with Gasteiger partial charge in [-0.2, -0.15) is 0 Å². The molecule has 2 aromatic rings. The van der Waals surface area contributed by atoms with Crippen LogP contribution in [0.4, 0.5) is 5.82 Å². The van der Waals surface area contributed by atoms with Gasteiger partial charge in [-0.25, -0.2) is 14.8 Å². The summed E-state index contributed by atoms with van der Waals surface area (Å²) in [4.78, 5) is 22.7. The molecule has 0 aliphatic carbocycles. The summed E-state index contributed by atoms with van der Waals surface area (Å²) in [5, 5.41) is 0. The first-order chi connectivity index (χ1) is 8.63. The number of aromatic amines is 1. The van der Waals surface area contributed by atoms with E-state index in [-0.39, 0.29) is 5.69 Å². The molecule has 3 N–H and O–H groups in total. The molecule has 0 unspecified atom stereocenters. The monoisotopic (exact) mass is 249 g/mol. The minimum Gasteiger partial charge on any atom is -0.461 e. The number of carbonyl (C=O) groups is 1. The Labute approximate surface area is 104 Å². The highest BCUT2D eigenvalue weighted by Crippen LogP contribution is 2.16. The second-order valence-corrected chi connectivity index (χ2v) is 3.78. The Kier molecular flexibility index (Phi) is 3.31. The summed E-state index contributed by atoms with van der Waals surface area (Å²) in [6, 6.07) is 0. The van der Waals surface area contributed by atoms with Gasteiger partial charge in [-0.05, 0) is 13.8 Å². The van der Waals surface area contributed by atoms with Crippen LogP contribution in [0.2, 0.25) is 0 Å². The maximum Gasteiger partial charge on any atom is 0.360 e. The fraction of sp³-hybridized carbons (Fsp3) is 0.364. The van der Waals surface area contributed by atoms with E-state index in [4.69, 9.17) is 10.5 Å². The topological polar surface area (TPSA) is 98.8 Å². The Morgan fingerprint density at radius 1 is 1.61 bits per heavy atom. The van der Waals surface area contributed by atoms with E-state index in [2.05, 4.69) is 15.0 Å². The van der Waals surface area contributed by atoms with Gasteiger partial charge < -0.3 is 20.0 Å². The quantitative estimate of drug-likeness (QED) is 0.778. The number of aryl methyl sites for hydroxylation is 1. The molecule has 96 valence electrons. The van der Waals surface area contributed by atoms with E-state index < -0.39 is 5.97 Å². The average molecular weight is 249 g/mol. The second kappa shape index (κ2) is 4.91. The van der Waals surface area contributed by atoms with E-state index in [1.54, 1.807) is 30.9 Å². The van der Waals surface area contributed by atoms with Crippen LogP contribution in [-0.4, -0.2) is 32.1 Å². The van der Waals surface area contributed by atoms with Gasteiger partial charge in [0.1, 0.15) is 11.6 Å². The standard InChI is InChI=1S/C11H15N5O2/c1-3-18-11(17)9-10(12)16(7(2)15-9)5-8-4-13-6-14-8/h4,6H,3,5,12H2,1-2H3,(H,13,14).